The van der Waals surface area contributed by atoms with Crippen LogP contribution in [0.2, 0.25) is 0 Å². The fourth-order valence-electron chi connectivity index (χ4n) is 3.22. The Labute approximate surface area is 126 Å². The van der Waals surface area contributed by atoms with Crippen molar-refractivity contribution in [2.45, 2.75) is 77.1 Å². The first-order chi connectivity index (χ1) is 10.1. The van der Waals surface area contributed by atoms with Crippen molar-refractivity contribution in [1.29, 1.82) is 0 Å². The number of carboxylic acid groups (broad SMARTS) is 1. The molecular formula is C16H26O5. The molecule has 0 radical (unpaired) electrons. The first-order valence-electron chi connectivity index (χ1n) is 8.15. The van der Waals surface area contributed by atoms with E-state index in [-0.39, 0.29) is 24.3 Å². The van der Waals surface area contributed by atoms with Gasteiger partial charge in [0.25, 0.3) is 0 Å². The van der Waals surface area contributed by atoms with E-state index < -0.39 is 17.8 Å². The molecule has 2 aliphatic rings. The smallest absolute Gasteiger partial charge is 0.310 e. The number of esters is 1. The molecule has 5 nitrogen and oxygen atoms in total. The summed E-state index contributed by atoms with van der Waals surface area (Å²) < 4.78 is 11.0. The van der Waals surface area contributed by atoms with Crippen LogP contribution in [0.3, 0.4) is 0 Å². The van der Waals surface area contributed by atoms with Crippen LogP contribution in [0.5, 0.6) is 0 Å². The van der Waals surface area contributed by atoms with E-state index in [2.05, 4.69) is 13.8 Å². The Hall–Kier alpha value is -1.10. The van der Waals surface area contributed by atoms with E-state index in [1.807, 2.05) is 0 Å². The number of fused-ring (bicyclic) bond motifs is 1. The van der Waals surface area contributed by atoms with Crippen LogP contribution in [0.25, 0.3) is 0 Å². The molecule has 21 heavy (non-hydrogen) atoms. The molecule has 1 aliphatic heterocycles. The van der Waals surface area contributed by atoms with Gasteiger partial charge in [-0.25, -0.2) is 0 Å². The minimum atomic E-state index is -0.911. The van der Waals surface area contributed by atoms with Crippen molar-refractivity contribution in [2.24, 2.45) is 11.8 Å². The van der Waals surface area contributed by atoms with E-state index in [0.29, 0.717) is 12.8 Å². The van der Waals surface area contributed by atoms with Gasteiger partial charge in [-0.05, 0) is 25.7 Å². The summed E-state index contributed by atoms with van der Waals surface area (Å²) in [6.07, 6.45) is 5.73. The maximum atomic E-state index is 12.4. The van der Waals surface area contributed by atoms with Crippen LogP contribution < -0.4 is 0 Å². The molecule has 120 valence electrons. The van der Waals surface area contributed by atoms with Crippen LogP contribution in [0.4, 0.5) is 0 Å². The van der Waals surface area contributed by atoms with Crippen LogP contribution in [0, 0.1) is 11.8 Å². The molecule has 1 heterocycles. The van der Waals surface area contributed by atoms with Gasteiger partial charge in [0.2, 0.25) is 0 Å². The van der Waals surface area contributed by atoms with E-state index in [0.717, 1.165) is 32.1 Å². The standard InChI is InChI=1S/C16H26O5/c1-3-5-7-10(6-4-2)20-16(19)12-9-14-13(21-14)8-11(12)15(17)18/h10-14H,3-9H2,1-2H3,(H,17,18). The molecular weight excluding hydrogens is 272 g/mol. The summed E-state index contributed by atoms with van der Waals surface area (Å²) in [6.45, 7) is 4.17. The Bertz CT molecular complexity index is 381. The molecule has 5 unspecified atom stereocenters. The molecule has 1 saturated carbocycles. The maximum Gasteiger partial charge on any atom is 0.310 e. The van der Waals surface area contributed by atoms with Crippen LogP contribution >= 0.6 is 0 Å². The average molecular weight is 298 g/mol. The van der Waals surface area contributed by atoms with Crippen molar-refractivity contribution in [2.75, 3.05) is 0 Å². The Balaban J connectivity index is 1.94. The normalized spacial score (nSPS) is 32.1. The van der Waals surface area contributed by atoms with Crippen LogP contribution in [0.15, 0.2) is 0 Å². The highest BCUT2D eigenvalue weighted by atomic mass is 16.6. The largest absolute Gasteiger partial charge is 0.481 e. The molecule has 5 heteroatoms. The van der Waals surface area contributed by atoms with Gasteiger partial charge in [0.05, 0.1) is 24.0 Å². The molecule has 1 aliphatic carbocycles. The highest BCUT2D eigenvalue weighted by Crippen LogP contribution is 2.43. The van der Waals surface area contributed by atoms with Crippen LogP contribution in [0.1, 0.15) is 58.8 Å². The van der Waals surface area contributed by atoms with Crippen molar-refractivity contribution in [3.8, 4) is 0 Å². The van der Waals surface area contributed by atoms with E-state index in [1.165, 1.54) is 0 Å². The predicted molar refractivity (Wildman–Crippen MR) is 76.8 cm³/mol. The first kappa shape index (κ1) is 16.3. The number of epoxide rings is 1. The molecule has 0 amide bonds. The van der Waals surface area contributed by atoms with Gasteiger partial charge in [-0.2, -0.15) is 0 Å². The van der Waals surface area contributed by atoms with E-state index in [9.17, 15) is 14.7 Å². The Morgan fingerprint density at radius 1 is 1.14 bits per heavy atom. The minimum Gasteiger partial charge on any atom is -0.481 e. The van der Waals surface area contributed by atoms with Crippen molar-refractivity contribution in [3.05, 3.63) is 0 Å². The topological polar surface area (TPSA) is 76.1 Å². The fourth-order valence-corrected chi connectivity index (χ4v) is 3.22. The SMILES string of the molecule is CCCCC(CCC)OC(=O)C1CC2OC2CC1C(=O)O. The summed E-state index contributed by atoms with van der Waals surface area (Å²) in [4.78, 5) is 23.7. The van der Waals surface area contributed by atoms with Crippen molar-refractivity contribution in [1.82, 2.24) is 0 Å². The summed E-state index contributed by atoms with van der Waals surface area (Å²) in [6, 6.07) is 0. The third-order valence-electron chi connectivity index (χ3n) is 4.54. The highest BCUT2D eigenvalue weighted by molar-refractivity contribution is 5.81. The van der Waals surface area contributed by atoms with Gasteiger partial charge < -0.3 is 14.6 Å². The third-order valence-corrected chi connectivity index (χ3v) is 4.54. The summed E-state index contributed by atoms with van der Waals surface area (Å²) in [5.41, 5.74) is 0. The van der Waals surface area contributed by atoms with Crippen molar-refractivity contribution < 1.29 is 24.2 Å². The second kappa shape index (κ2) is 7.25. The number of carbonyl (C=O) groups excluding carboxylic acids is 1. The Kier molecular flexibility index (Phi) is 5.62. The van der Waals surface area contributed by atoms with Gasteiger partial charge in [0.1, 0.15) is 6.10 Å². The zero-order valence-electron chi connectivity index (χ0n) is 12.9. The lowest BCUT2D eigenvalue weighted by Gasteiger charge is -2.27. The van der Waals surface area contributed by atoms with Gasteiger partial charge in [0, 0.05) is 0 Å². The van der Waals surface area contributed by atoms with Crippen LogP contribution in [-0.2, 0) is 19.1 Å². The van der Waals surface area contributed by atoms with E-state index >= 15 is 0 Å². The Morgan fingerprint density at radius 2 is 1.81 bits per heavy atom. The quantitative estimate of drug-likeness (QED) is 0.551. The number of hydrogen-bond donors (Lipinski definition) is 1. The summed E-state index contributed by atoms with van der Waals surface area (Å²) in [5, 5.41) is 9.31. The predicted octanol–water partition coefficient (Wildman–Crippen LogP) is 2.77. The molecule has 0 aromatic heterocycles. The monoisotopic (exact) mass is 298 g/mol. The molecule has 1 saturated heterocycles. The van der Waals surface area contributed by atoms with Gasteiger partial charge in [-0.15, -0.1) is 0 Å². The molecule has 2 rings (SSSR count). The highest BCUT2D eigenvalue weighted by Gasteiger charge is 2.53. The summed E-state index contributed by atoms with van der Waals surface area (Å²) in [7, 11) is 0. The minimum absolute atomic E-state index is 0.0432. The summed E-state index contributed by atoms with van der Waals surface area (Å²) >= 11 is 0. The molecule has 2 fully saturated rings. The van der Waals surface area contributed by atoms with Gasteiger partial charge >= 0.3 is 11.9 Å². The lowest BCUT2D eigenvalue weighted by Crippen LogP contribution is -2.38. The zero-order chi connectivity index (χ0) is 15.4. The van der Waals surface area contributed by atoms with E-state index in [1.54, 1.807) is 0 Å². The molecule has 0 aromatic carbocycles. The van der Waals surface area contributed by atoms with Gasteiger partial charge in [-0.1, -0.05) is 33.1 Å². The number of rotatable bonds is 8. The number of unbranched alkanes of at least 4 members (excludes halogenated alkanes) is 1. The Morgan fingerprint density at radius 3 is 2.38 bits per heavy atom. The van der Waals surface area contributed by atoms with Crippen LogP contribution in [-0.4, -0.2) is 35.4 Å². The number of carboxylic acids is 1. The third kappa shape index (κ3) is 4.19. The molecule has 1 N–H and O–H groups in total. The summed E-state index contributed by atoms with van der Waals surface area (Å²) in [5.74, 6) is -2.46. The van der Waals surface area contributed by atoms with Gasteiger partial charge in [-0.3, -0.25) is 9.59 Å². The number of carbonyl (C=O) groups is 2. The average Bonchev–Trinajstić information content (AvgIpc) is 3.21. The fraction of sp³-hybridized carbons (Fsp3) is 0.875. The molecule has 0 aromatic rings. The van der Waals surface area contributed by atoms with Crippen molar-refractivity contribution >= 4 is 11.9 Å². The number of hydrogen-bond acceptors (Lipinski definition) is 4. The first-order valence-corrected chi connectivity index (χ1v) is 8.15. The molecule has 5 atom stereocenters. The molecule has 0 spiro atoms. The zero-order valence-corrected chi connectivity index (χ0v) is 12.9. The van der Waals surface area contributed by atoms with Gasteiger partial charge in [0.15, 0.2) is 0 Å². The second-order valence-electron chi connectivity index (χ2n) is 6.23. The molecule has 0 bridgehead atoms. The number of aliphatic carboxylic acids is 1. The number of ether oxygens (including phenoxy) is 2. The second-order valence-corrected chi connectivity index (χ2v) is 6.23. The van der Waals surface area contributed by atoms with Crippen molar-refractivity contribution in [3.63, 3.8) is 0 Å². The lowest BCUT2D eigenvalue weighted by atomic mass is 9.79. The van der Waals surface area contributed by atoms with E-state index in [4.69, 9.17) is 9.47 Å². The maximum absolute atomic E-state index is 12.4. The lowest BCUT2D eigenvalue weighted by molar-refractivity contribution is -0.163.